The number of likely N-dealkylation sites (tertiary alicyclic amines) is 2. The molecule has 2 aliphatic heterocycles. The van der Waals surface area contributed by atoms with Crippen molar-refractivity contribution >= 4 is 79.7 Å². The minimum absolute atomic E-state index is 0.0142. The molecule has 6 N–H and O–H groups in total. The fraction of sp³-hybridized carbons (Fsp3) is 0.389. The number of hydrogen-bond acceptors (Lipinski definition) is 8. The van der Waals surface area contributed by atoms with Gasteiger partial charge in [0.15, 0.2) is 0 Å². The van der Waals surface area contributed by atoms with Gasteiger partial charge in [-0.3, -0.25) is 38.4 Å². The van der Waals surface area contributed by atoms with Crippen LogP contribution in [0.15, 0.2) is 46.0 Å². The van der Waals surface area contributed by atoms with Gasteiger partial charge < -0.3 is 41.0 Å². The molecule has 4 atom stereocenters. The quantitative estimate of drug-likeness (QED) is 0.146. The molecule has 16 nitrogen and oxygen atoms in total. The number of fused-ring (bicyclic) bond motifs is 3. The maximum Gasteiger partial charge on any atom is 0.246 e. The molecule has 4 heterocycles. The Morgan fingerprint density at radius 1 is 0.654 bits per heavy atom. The largest absolute Gasteiger partial charge is 0.350 e. The summed E-state index contributed by atoms with van der Waals surface area (Å²) in [6, 6.07) is 6.04. The number of pyridine rings is 2. The highest BCUT2D eigenvalue weighted by Crippen LogP contribution is 2.22. The van der Waals surface area contributed by atoms with Gasteiger partial charge >= 0.3 is 0 Å². The van der Waals surface area contributed by atoms with Gasteiger partial charge in [-0.25, -0.2) is 0 Å². The molecule has 2 saturated heterocycles. The summed E-state index contributed by atoms with van der Waals surface area (Å²) < 4.78 is 0. The van der Waals surface area contributed by atoms with Crippen molar-refractivity contribution in [3.63, 3.8) is 0 Å². The van der Waals surface area contributed by atoms with Crippen LogP contribution in [0.5, 0.6) is 0 Å². The van der Waals surface area contributed by atoms with E-state index in [0.29, 0.717) is 61.2 Å². The SMILES string of the molecule is CC(=O)N1CCC[C@H]1C(=O)N[C@H](C)C(=O)Nc1ccc2[nH]c3c(=O)c4cc(NC(=O)[C@@H](C)NC(=O)[C@@H]5CCCN5C(C)=O)ccc4[nH]c3c(=O)c2c1. The summed E-state index contributed by atoms with van der Waals surface area (Å²) >= 11 is 0. The number of aromatic nitrogens is 2. The zero-order chi connectivity index (χ0) is 37.4. The molecule has 2 aliphatic rings. The molecule has 2 aromatic heterocycles. The van der Waals surface area contributed by atoms with E-state index in [1.807, 2.05) is 0 Å². The molecule has 0 unspecified atom stereocenters. The van der Waals surface area contributed by atoms with Crippen LogP contribution < -0.4 is 32.1 Å². The molecule has 6 rings (SSSR count). The van der Waals surface area contributed by atoms with Crippen molar-refractivity contribution in [2.24, 2.45) is 0 Å². The number of rotatable bonds is 8. The van der Waals surface area contributed by atoms with Gasteiger partial charge in [0.1, 0.15) is 35.2 Å². The molecule has 2 fully saturated rings. The van der Waals surface area contributed by atoms with E-state index in [2.05, 4.69) is 31.2 Å². The van der Waals surface area contributed by atoms with E-state index in [0.717, 1.165) is 0 Å². The van der Waals surface area contributed by atoms with Crippen LogP contribution in [-0.2, 0) is 28.8 Å². The number of carbonyl (C=O) groups is 6. The van der Waals surface area contributed by atoms with E-state index < -0.39 is 58.7 Å². The lowest BCUT2D eigenvalue weighted by Crippen LogP contribution is -2.50. The predicted octanol–water partition coefficient (Wildman–Crippen LogP) is 1.43. The second kappa shape index (κ2) is 14.3. The van der Waals surface area contributed by atoms with Crippen LogP contribution in [0.4, 0.5) is 11.4 Å². The Kier molecular flexibility index (Phi) is 9.82. The van der Waals surface area contributed by atoms with E-state index in [9.17, 15) is 38.4 Å². The average Bonchev–Trinajstić information content (AvgIpc) is 3.81. The van der Waals surface area contributed by atoms with Gasteiger partial charge in [0, 0.05) is 49.1 Å². The smallest absolute Gasteiger partial charge is 0.246 e. The molecule has 0 bridgehead atoms. The van der Waals surface area contributed by atoms with Crippen LogP contribution in [0.2, 0.25) is 0 Å². The maximum absolute atomic E-state index is 13.7. The lowest BCUT2D eigenvalue weighted by atomic mass is 10.1. The van der Waals surface area contributed by atoms with Crippen molar-refractivity contribution in [3.8, 4) is 0 Å². The summed E-state index contributed by atoms with van der Waals surface area (Å²) in [5.74, 6) is -2.28. The normalized spacial score (nSPS) is 18.3. The second-order valence-electron chi connectivity index (χ2n) is 13.4. The summed E-state index contributed by atoms with van der Waals surface area (Å²) in [6.07, 6.45) is 2.43. The van der Waals surface area contributed by atoms with Crippen molar-refractivity contribution in [1.29, 1.82) is 0 Å². The van der Waals surface area contributed by atoms with Crippen molar-refractivity contribution < 1.29 is 28.8 Å². The number of nitrogens with zero attached hydrogens (tertiary/aromatic N) is 2. The van der Waals surface area contributed by atoms with Crippen LogP contribution in [0.1, 0.15) is 53.4 Å². The predicted molar refractivity (Wildman–Crippen MR) is 193 cm³/mol. The first-order valence-electron chi connectivity index (χ1n) is 17.2. The first kappa shape index (κ1) is 35.8. The summed E-state index contributed by atoms with van der Waals surface area (Å²) in [5.41, 5.74) is 0.321. The fourth-order valence-electron chi connectivity index (χ4n) is 6.93. The highest BCUT2D eigenvalue weighted by atomic mass is 16.2. The molecule has 16 heteroatoms. The summed E-state index contributed by atoms with van der Waals surface area (Å²) in [6.45, 7) is 6.82. The summed E-state index contributed by atoms with van der Waals surface area (Å²) in [5, 5.41) is 11.1. The second-order valence-corrected chi connectivity index (χ2v) is 13.4. The Bertz CT molecular complexity index is 2120. The third-order valence-electron chi connectivity index (χ3n) is 9.71. The highest BCUT2D eigenvalue weighted by molar-refractivity contribution is 6.03. The first-order chi connectivity index (χ1) is 24.7. The standard InChI is InChI=1S/C36H40N8O8/c1-17(37-35(51)27-7-5-13-43(27)19(3)45)33(49)39-21-9-11-25-23(15-21)31(47)29-30(41-25)32(48)24-16-22(10-12-26(24)42-29)40-34(50)18(2)38-36(52)28-8-6-14-44(28)20(4)46/h9-12,15-18,27-28H,5-8,13-14H2,1-4H3,(H,37,51)(H,38,52)(H,39,49)(H,40,50)(H,41,47)(H,42,48)/t17-,18-,27+,28+/m1/s1. The molecule has 0 saturated carbocycles. The van der Waals surface area contributed by atoms with Crippen LogP contribution >= 0.6 is 0 Å². The van der Waals surface area contributed by atoms with Crippen LogP contribution in [-0.4, -0.2) is 92.5 Å². The Morgan fingerprint density at radius 3 is 1.40 bits per heavy atom. The minimum Gasteiger partial charge on any atom is -0.350 e. The number of amides is 6. The highest BCUT2D eigenvalue weighted by Gasteiger charge is 2.35. The van der Waals surface area contributed by atoms with E-state index in [4.69, 9.17) is 0 Å². The average molecular weight is 713 g/mol. The van der Waals surface area contributed by atoms with Crippen molar-refractivity contribution in [3.05, 3.63) is 56.8 Å². The number of benzene rings is 2. The number of nitrogens with one attached hydrogen (secondary N) is 6. The lowest BCUT2D eigenvalue weighted by Gasteiger charge is -2.24. The number of aromatic amines is 2. The molecule has 0 aliphatic carbocycles. The Labute approximate surface area is 296 Å². The number of carbonyl (C=O) groups excluding carboxylic acids is 6. The van der Waals surface area contributed by atoms with Gasteiger partial charge in [-0.2, -0.15) is 0 Å². The van der Waals surface area contributed by atoms with Gasteiger partial charge in [-0.05, 0) is 75.9 Å². The van der Waals surface area contributed by atoms with Crippen LogP contribution in [0.25, 0.3) is 32.8 Å². The van der Waals surface area contributed by atoms with Gasteiger partial charge in [-0.15, -0.1) is 0 Å². The van der Waals surface area contributed by atoms with Crippen molar-refractivity contribution in [1.82, 2.24) is 30.4 Å². The Balaban J connectivity index is 1.17. The number of hydrogen-bond donors (Lipinski definition) is 6. The summed E-state index contributed by atoms with van der Waals surface area (Å²) in [7, 11) is 0. The third kappa shape index (κ3) is 6.95. The van der Waals surface area contributed by atoms with Gasteiger partial charge in [-0.1, -0.05) is 0 Å². The zero-order valence-electron chi connectivity index (χ0n) is 29.2. The zero-order valence-corrected chi connectivity index (χ0v) is 29.2. The molecule has 272 valence electrons. The van der Waals surface area contributed by atoms with E-state index >= 15 is 0 Å². The summed E-state index contributed by atoms with van der Waals surface area (Å²) in [4.78, 5) is 112. The minimum atomic E-state index is -0.928. The maximum atomic E-state index is 13.7. The number of H-pyrrole nitrogens is 2. The van der Waals surface area contributed by atoms with Crippen molar-refractivity contribution in [2.45, 2.75) is 77.5 Å². The molecule has 6 amide bonds. The fourth-order valence-corrected chi connectivity index (χ4v) is 6.93. The van der Waals surface area contributed by atoms with E-state index in [1.165, 1.54) is 49.6 Å². The number of anilines is 2. The molecule has 0 radical (unpaired) electrons. The van der Waals surface area contributed by atoms with Crippen molar-refractivity contribution in [2.75, 3.05) is 23.7 Å². The molecular formula is C36H40N8O8. The monoisotopic (exact) mass is 712 g/mol. The third-order valence-corrected chi connectivity index (χ3v) is 9.71. The first-order valence-corrected chi connectivity index (χ1v) is 17.2. The molecular weight excluding hydrogens is 672 g/mol. The molecule has 52 heavy (non-hydrogen) atoms. The van der Waals surface area contributed by atoms with Gasteiger partial charge in [0.25, 0.3) is 0 Å². The molecule has 2 aromatic carbocycles. The van der Waals surface area contributed by atoms with Crippen LogP contribution in [0.3, 0.4) is 0 Å². The van der Waals surface area contributed by atoms with Gasteiger partial charge in [0.05, 0.1) is 11.0 Å². The van der Waals surface area contributed by atoms with E-state index in [1.54, 1.807) is 24.3 Å². The molecule has 4 aromatic rings. The lowest BCUT2D eigenvalue weighted by molar-refractivity contribution is -0.137. The van der Waals surface area contributed by atoms with Crippen LogP contribution in [0, 0.1) is 0 Å². The Hall–Kier alpha value is -6.06. The van der Waals surface area contributed by atoms with E-state index in [-0.39, 0.29) is 33.6 Å². The van der Waals surface area contributed by atoms with Gasteiger partial charge in [0.2, 0.25) is 46.3 Å². The Morgan fingerprint density at radius 2 is 1.04 bits per heavy atom. The molecule has 0 spiro atoms. The topological polar surface area (TPSA) is 223 Å².